The average molecular weight is 208 g/mol. The molecule has 1 aromatic rings. The zero-order valence-corrected chi connectivity index (χ0v) is 8.85. The molecular weight excluding hydrogens is 196 g/mol. The number of fused-ring (bicyclic) bond motifs is 3. The molecule has 1 unspecified atom stereocenters. The summed E-state index contributed by atoms with van der Waals surface area (Å²) in [5, 5.41) is 3.94. The van der Waals surface area contributed by atoms with Gasteiger partial charge in [0.15, 0.2) is 0 Å². The van der Waals surface area contributed by atoms with E-state index in [1.54, 1.807) is 0 Å². The van der Waals surface area contributed by atoms with Crippen LogP contribution >= 0.6 is 0 Å². The molecule has 0 radical (unpaired) electrons. The highest BCUT2D eigenvalue weighted by atomic mass is 15.1. The van der Waals surface area contributed by atoms with Crippen molar-refractivity contribution in [2.24, 2.45) is 16.9 Å². The minimum absolute atomic E-state index is 0.146. The maximum Gasteiger partial charge on any atom is 0.0797 e. The SMILES string of the molecule is C=C1C=CC=C2c3ccccc3C(=NN)C12. The van der Waals surface area contributed by atoms with Crippen molar-refractivity contribution in [2.75, 3.05) is 0 Å². The highest BCUT2D eigenvalue weighted by Gasteiger charge is 2.34. The third kappa shape index (κ3) is 1.04. The minimum Gasteiger partial charge on any atom is -0.323 e. The lowest BCUT2D eigenvalue weighted by Crippen LogP contribution is -2.14. The van der Waals surface area contributed by atoms with Gasteiger partial charge in [-0.2, -0.15) is 5.10 Å². The summed E-state index contributed by atoms with van der Waals surface area (Å²) in [7, 11) is 0. The highest BCUT2D eigenvalue weighted by molar-refractivity contribution is 6.19. The Morgan fingerprint density at radius 1 is 1.19 bits per heavy atom. The largest absolute Gasteiger partial charge is 0.323 e. The summed E-state index contributed by atoms with van der Waals surface area (Å²) in [6.45, 7) is 4.07. The Morgan fingerprint density at radius 2 is 1.94 bits per heavy atom. The van der Waals surface area contributed by atoms with Crippen molar-refractivity contribution >= 4 is 11.3 Å². The van der Waals surface area contributed by atoms with Gasteiger partial charge >= 0.3 is 0 Å². The van der Waals surface area contributed by atoms with Crippen molar-refractivity contribution < 1.29 is 0 Å². The second-order valence-corrected chi connectivity index (χ2v) is 4.05. The van der Waals surface area contributed by atoms with Gasteiger partial charge in [-0.1, -0.05) is 49.1 Å². The van der Waals surface area contributed by atoms with Gasteiger partial charge in [0.25, 0.3) is 0 Å². The molecule has 0 amide bonds. The van der Waals surface area contributed by atoms with Crippen molar-refractivity contribution in [3.05, 3.63) is 65.8 Å². The van der Waals surface area contributed by atoms with Crippen molar-refractivity contribution in [3.8, 4) is 0 Å². The number of nitrogens with two attached hydrogens (primary N) is 1. The van der Waals surface area contributed by atoms with E-state index in [1.807, 2.05) is 24.3 Å². The van der Waals surface area contributed by atoms with Gasteiger partial charge in [-0.25, -0.2) is 0 Å². The maximum atomic E-state index is 5.51. The molecule has 0 bridgehead atoms. The lowest BCUT2D eigenvalue weighted by molar-refractivity contribution is 1.08. The Balaban J connectivity index is 2.30. The number of hydrogen-bond donors (Lipinski definition) is 1. The molecule has 0 heterocycles. The van der Waals surface area contributed by atoms with Gasteiger partial charge in [-0.15, -0.1) is 0 Å². The molecule has 2 N–H and O–H groups in total. The van der Waals surface area contributed by atoms with Crippen molar-refractivity contribution in [1.82, 2.24) is 0 Å². The summed E-state index contributed by atoms with van der Waals surface area (Å²) in [5.74, 6) is 5.66. The zero-order chi connectivity index (χ0) is 11.1. The first kappa shape index (κ1) is 9.16. The van der Waals surface area contributed by atoms with E-state index in [4.69, 9.17) is 5.84 Å². The Kier molecular flexibility index (Phi) is 1.83. The van der Waals surface area contributed by atoms with Crippen LogP contribution in [0.2, 0.25) is 0 Å². The summed E-state index contributed by atoms with van der Waals surface area (Å²) in [6, 6.07) is 8.22. The Hall–Kier alpha value is -2.09. The van der Waals surface area contributed by atoms with Crippen LogP contribution in [0.4, 0.5) is 0 Å². The van der Waals surface area contributed by atoms with Gasteiger partial charge in [-0.3, -0.25) is 0 Å². The molecule has 2 nitrogen and oxygen atoms in total. The molecule has 2 heteroatoms. The van der Waals surface area contributed by atoms with E-state index in [2.05, 4.69) is 29.9 Å². The van der Waals surface area contributed by atoms with Crippen LogP contribution in [0.25, 0.3) is 5.57 Å². The van der Waals surface area contributed by atoms with Gasteiger partial charge in [-0.05, 0) is 16.7 Å². The fourth-order valence-electron chi connectivity index (χ4n) is 2.49. The molecule has 0 spiro atoms. The van der Waals surface area contributed by atoms with Crippen LogP contribution in [0.15, 0.2) is 59.7 Å². The lowest BCUT2D eigenvalue weighted by atomic mass is 9.88. The van der Waals surface area contributed by atoms with Crippen LogP contribution in [0.5, 0.6) is 0 Å². The number of allylic oxidation sites excluding steroid dienone is 5. The molecule has 16 heavy (non-hydrogen) atoms. The molecule has 0 fully saturated rings. The summed E-state index contributed by atoms with van der Waals surface area (Å²) in [5.41, 5.74) is 5.59. The number of hydrogen-bond acceptors (Lipinski definition) is 2. The van der Waals surface area contributed by atoms with Crippen LogP contribution in [-0.2, 0) is 0 Å². The van der Waals surface area contributed by atoms with Crippen molar-refractivity contribution in [3.63, 3.8) is 0 Å². The van der Waals surface area contributed by atoms with E-state index < -0.39 is 0 Å². The summed E-state index contributed by atoms with van der Waals surface area (Å²) in [6.07, 6.45) is 6.17. The predicted molar refractivity (Wildman–Crippen MR) is 66.9 cm³/mol. The van der Waals surface area contributed by atoms with Gasteiger partial charge in [0.1, 0.15) is 0 Å². The molecule has 2 aliphatic rings. The fourth-order valence-corrected chi connectivity index (χ4v) is 2.49. The third-order valence-corrected chi connectivity index (χ3v) is 3.19. The molecule has 3 rings (SSSR count). The molecule has 78 valence electrons. The minimum atomic E-state index is 0.146. The third-order valence-electron chi connectivity index (χ3n) is 3.19. The molecule has 0 aliphatic heterocycles. The molecule has 2 aliphatic carbocycles. The molecule has 1 atom stereocenters. The van der Waals surface area contributed by atoms with Crippen LogP contribution in [-0.4, -0.2) is 5.71 Å². The van der Waals surface area contributed by atoms with Gasteiger partial charge in [0, 0.05) is 5.56 Å². The van der Waals surface area contributed by atoms with E-state index in [0.717, 1.165) is 16.8 Å². The average Bonchev–Trinajstić information content (AvgIpc) is 2.65. The van der Waals surface area contributed by atoms with Crippen LogP contribution < -0.4 is 5.84 Å². The first-order valence-corrected chi connectivity index (χ1v) is 5.27. The van der Waals surface area contributed by atoms with Gasteiger partial charge in [0.2, 0.25) is 0 Å². The van der Waals surface area contributed by atoms with E-state index in [-0.39, 0.29) is 5.92 Å². The first-order chi connectivity index (χ1) is 7.83. The number of rotatable bonds is 0. The number of benzene rings is 1. The van der Waals surface area contributed by atoms with E-state index in [0.29, 0.717) is 0 Å². The molecular formula is C14H12N2. The Morgan fingerprint density at radius 3 is 2.69 bits per heavy atom. The number of nitrogens with zero attached hydrogens (tertiary/aromatic N) is 1. The monoisotopic (exact) mass is 208 g/mol. The molecule has 0 aromatic heterocycles. The highest BCUT2D eigenvalue weighted by Crippen LogP contribution is 2.42. The van der Waals surface area contributed by atoms with E-state index in [9.17, 15) is 0 Å². The molecule has 0 saturated carbocycles. The standard InChI is InChI=1S/C14H12N2/c1-9-5-4-8-11-10-6-2-3-7-12(10)14(16-15)13(9)11/h2-8,13H,1,15H2. The summed E-state index contributed by atoms with van der Waals surface area (Å²) in [4.78, 5) is 0. The lowest BCUT2D eigenvalue weighted by Gasteiger charge is -2.16. The summed E-state index contributed by atoms with van der Waals surface area (Å²) < 4.78 is 0. The summed E-state index contributed by atoms with van der Waals surface area (Å²) >= 11 is 0. The first-order valence-electron chi connectivity index (χ1n) is 5.27. The van der Waals surface area contributed by atoms with E-state index in [1.165, 1.54) is 11.1 Å². The van der Waals surface area contributed by atoms with Gasteiger partial charge < -0.3 is 5.84 Å². The number of hydrazone groups is 1. The van der Waals surface area contributed by atoms with Crippen LogP contribution in [0.3, 0.4) is 0 Å². The second-order valence-electron chi connectivity index (χ2n) is 4.05. The Bertz CT molecular complexity index is 562. The maximum absolute atomic E-state index is 5.51. The Labute approximate surface area is 94.5 Å². The topological polar surface area (TPSA) is 38.4 Å². The van der Waals surface area contributed by atoms with E-state index >= 15 is 0 Å². The normalized spacial score (nSPS) is 24.2. The second kappa shape index (κ2) is 3.20. The molecule has 0 saturated heterocycles. The molecule has 1 aromatic carbocycles. The fraction of sp³-hybridized carbons (Fsp3) is 0.0714. The van der Waals surface area contributed by atoms with Gasteiger partial charge in [0.05, 0.1) is 11.6 Å². The quantitative estimate of drug-likeness (QED) is 0.516. The van der Waals surface area contributed by atoms with Crippen molar-refractivity contribution in [1.29, 1.82) is 0 Å². The zero-order valence-electron chi connectivity index (χ0n) is 8.85. The van der Waals surface area contributed by atoms with Crippen LogP contribution in [0.1, 0.15) is 11.1 Å². The van der Waals surface area contributed by atoms with Crippen LogP contribution in [0, 0.1) is 5.92 Å². The predicted octanol–water partition coefficient (Wildman–Crippen LogP) is 2.49. The van der Waals surface area contributed by atoms with Crippen molar-refractivity contribution in [2.45, 2.75) is 0 Å². The smallest absolute Gasteiger partial charge is 0.0797 e.